The molecule has 0 aliphatic carbocycles. The standard InChI is InChI=1S/C21H22F3N5O/c1-3-28-7-9-29(10-8-28)20(30)16-12-18(26-19-17(16)13-25-27(19)2)14-5-4-6-15(11-14)21(22,23)24/h4-6,11-13H,3,7-10H2,1-2H3. The van der Waals surface area contributed by atoms with Gasteiger partial charge in [-0.15, -0.1) is 0 Å². The number of nitrogens with zero attached hydrogens (tertiary/aromatic N) is 5. The number of hydrogen-bond donors (Lipinski definition) is 0. The van der Waals surface area contributed by atoms with Crippen molar-refractivity contribution in [2.24, 2.45) is 7.05 Å². The number of halogens is 3. The van der Waals surface area contributed by atoms with Crippen molar-refractivity contribution in [2.45, 2.75) is 13.1 Å². The number of likely N-dealkylation sites (N-methyl/N-ethyl adjacent to an activating group) is 1. The van der Waals surface area contributed by atoms with E-state index in [1.807, 2.05) is 0 Å². The molecule has 1 aliphatic heterocycles. The van der Waals surface area contributed by atoms with Crippen molar-refractivity contribution in [2.75, 3.05) is 32.7 Å². The van der Waals surface area contributed by atoms with Gasteiger partial charge in [0.05, 0.1) is 28.4 Å². The first-order valence-electron chi connectivity index (χ1n) is 9.80. The molecule has 9 heteroatoms. The van der Waals surface area contributed by atoms with Crippen LogP contribution in [0, 0.1) is 0 Å². The summed E-state index contributed by atoms with van der Waals surface area (Å²) in [5.41, 5.74) is 0.729. The number of carbonyl (C=O) groups excluding carboxylic acids is 1. The lowest BCUT2D eigenvalue weighted by Gasteiger charge is -2.34. The van der Waals surface area contributed by atoms with Crippen LogP contribution in [-0.2, 0) is 13.2 Å². The van der Waals surface area contributed by atoms with E-state index in [0.717, 1.165) is 31.8 Å². The zero-order valence-corrected chi connectivity index (χ0v) is 16.8. The first-order valence-corrected chi connectivity index (χ1v) is 9.80. The molecule has 1 amide bonds. The molecule has 2 aromatic heterocycles. The highest BCUT2D eigenvalue weighted by atomic mass is 19.4. The molecule has 0 N–H and O–H groups in total. The summed E-state index contributed by atoms with van der Waals surface area (Å²) in [5, 5.41) is 4.79. The lowest BCUT2D eigenvalue weighted by Crippen LogP contribution is -2.48. The van der Waals surface area contributed by atoms with Gasteiger partial charge in [0, 0.05) is 38.8 Å². The summed E-state index contributed by atoms with van der Waals surface area (Å²) in [4.78, 5) is 21.8. The second kappa shape index (κ2) is 7.71. The second-order valence-corrected chi connectivity index (χ2v) is 7.37. The van der Waals surface area contributed by atoms with E-state index in [-0.39, 0.29) is 5.91 Å². The van der Waals surface area contributed by atoms with Crippen LogP contribution in [0.1, 0.15) is 22.8 Å². The quantitative estimate of drug-likeness (QED) is 0.655. The smallest absolute Gasteiger partial charge is 0.336 e. The van der Waals surface area contributed by atoms with Gasteiger partial charge in [-0.2, -0.15) is 18.3 Å². The third-order valence-corrected chi connectivity index (χ3v) is 5.53. The Hall–Kier alpha value is -2.94. The van der Waals surface area contributed by atoms with Crippen molar-refractivity contribution in [3.63, 3.8) is 0 Å². The SMILES string of the molecule is CCN1CCN(C(=O)c2cc(-c3cccc(C(F)(F)F)c3)nc3c2cnn3C)CC1. The predicted octanol–water partition coefficient (Wildman–Crippen LogP) is 3.43. The minimum Gasteiger partial charge on any atom is -0.336 e. The molecular weight excluding hydrogens is 395 g/mol. The molecule has 4 rings (SSSR count). The van der Waals surface area contributed by atoms with E-state index >= 15 is 0 Å². The number of hydrogen-bond acceptors (Lipinski definition) is 4. The van der Waals surface area contributed by atoms with Gasteiger partial charge in [0.1, 0.15) is 0 Å². The minimum absolute atomic E-state index is 0.153. The van der Waals surface area contributed by atoms with Crippen LogP contribution < -0.4 is 0 Å². The summed E-state index contributed by atoms with van der Waals surface area (Å²) in [5.74, 6) is -0.153. The maximum Gasteiger partial charge on any atom is 0.416 e. The van der Waals surface area contributed by atoms with Crippen LogP contribution in [0.2, 0.25) is 0 Å². The average molecular weight is 417 g/mol. The Morgan fingerprint density at radius 2 is 1.87 bits per heavy atom. The monoisotopic (exact) mass is 417 g/mol. The Labute approximate surface area is 171 Å². The van der Waals surface area contributed by atoms with E-state index < -0.39 is 11.7 Å². The molecule has 6 nitrogen and oxygen atoms in total. The Morgan fingerprint density at radius 3 is 2.53 bits per heavy atom. The summed E-state index contributed by atoms with van der Waals surface area (Å²) < 4.78 is 41.0. The third kappa shape index (κ3) is 3.77. The van der Waals surface area contributed by atoms with Crippen LogP contribution in [0.4, 0.5) is 13.2 Å². The van der Waals surface area contributed by atoms with E-state index in [1.165, 1.54) is 10.7 Å². The van der Waals surface area contributed by atoms with E-state index in [1.54, 1.807) is 30.3 Å². The van der Waals surface area contributed by atoms with E-state index in [9.17, 15) is 18.0 Å². The normalized spacial score (nSPS) is 15.7. The topological polar surface area (TPSA) is 54.3 Å². The number of piperazine rings is 1. The number of fused-ring (bicyclic) bond motifs is 1. The molecule has 0 radical (unpaired) electrons. The van der Waals surface area contributed by atoms with E-state index in [4.69, 9.17) is 0 Å². The number of aromatic nitrogens is 3. The van der Waals surface area contributed by atoms with Crippen molar-refractivity contribution in [1.82, 2.24) is 24.6 Å². The molecule has 158 valence electrons. The highest BCUT2D eigenvalue weighted by molar-refractivity contribution is 6.06. The number of pyridine rings is 1. The molecule has 0 atom stereocenters. The van der Waals surface area contributed by atoms with Gasteiger partial charge in [-0.1, -0.05) is 19.1 Å². The number of amides is 1. The van der Waals surface area contributed by atoms with Gasteiger partial charge in [0.25, 0.3) is 5.91 Å². The van der Waals surface area contributed by atoms with Gasteiger partial charge in [0.15, 0.2) is 5.65 Å². The van der Waals surface area contributed by atoms with E-state index in [2.05, 4.69) is 21.9 Å². The third-order valence-electron chi connectivity index (χ3n) is 5.53. The van der Waals surface area contributed by atoms with Crippen molar-refractivity contribution < 1.29 is 18.0 Å². The van der Waals surface area contributed by atoms with Crippen LogP contribution in [0.25, 0.3) is 22.3 Å². The second-order valence-electron chi connectivity index (χ2n) is 7.37. The number of alkyl halides is 3. The van der Waals surface area contributed by atoms with Crippen LogP contribution in [0.15, 0.2) is 36.5 Å². The number of carbonyl (C=O) groups is 1. The maximum atomic E-state index is 13.3. The Kier molecular flexibility index (Phi) is 5.23. The van der Waals surface area contributed by atoms with E-state index in [0.29, 0.717) is 40.9 Å². The Bertz CT molecular complexity index is 1080. The maximum absolute atomic E-state index is 13.3. The summed E-state index contributed by atoms with van der Waals surface area (Å²) >= 11 is 0. The lowest BCUT2D eigenvalue weighted by atomic mass is 10.0. The van der Waals surface area contributed by atoms with Gasteiger partial charge >= 0.3 is 6.18 Å². The molecule has 3 aromatic rings. The highest BCUT2D eigenvalue weighted by Crippen LogP contribution is 2.33. The summed E-state index contributed by atoms with van der Waals surface area (Å²) in [6.07, 6.45) is -2.88. The first-order chi connectivity index (χ1) is 14.3. The Balaban J connectivity index is 1.77. The predicted molar refractivity (Wildman–Crippen MR) is 107 cm³/mol. The molecule has 3 heterocycles. The first kappa shape index (κ1) is 20.3. The molecule has 1 saturated heterocycles. The summed E-state index contributed by atoms with van der Waals surface area (Å²) in [6, 6.07) is 6.56. The van der Waals surface area contributed by atoms with Crippen LogP contribution in [0.5, 0.6) is 0 Å². The lowest BCUT2D eigenvalue weighted by molar-refractivity contribution is -0.137. The minimum atomic E-state index is -4.45. The molecule has 0 unspecified atom stereocenters. The molecule has 0 saturated carbocycles. The van der Waals surface area contributed by atoms with Crippen LogP contribution in [-0.4, -0.2) is 63.2 Å². The van der Waals surface area contributed by atoms with Crippen molar-refractivity contribution in [3.05, 3.63) is 47.7 Å². The van der Waals surface area contributed by atoms with Gasteiger partial charge in [-0.25, -0.2) is 4.98 Å². The van der Waals surface area contributed by atoms with Crippen molar-refractivity contribution in [1.29, 1.82) is 0 Å². The van der Waals surface area contributed by atoms with Gasteiger partial charge in [-0.05, 0) is 24.7 Å². The largest absolute Gasteiger partial charge is 0.416 e. The van der Waals surface area contributed by atoms with Crippen molar-refractivity contribution >= 4 is 16.9 Å². The number of benzene rings is 1. The molecule has 1 aliphatic rings. The van der Waals surface area contributed by atoms with Gasteiger partial charge in [-0.3, -0.25) is 9.48 Å². The zero-order chi connectivity index (χ0) is 21.5. The Morgan fingerprint density at radius 1 is 1.13 bits per heavy atom. The molecule has 0 bridgehead atoms. The average Bonchev–Trinajstić information content (AvgIpc) is 3.13. The van der Waals surface area contributed by atoms with Crippen LogP contribution >= 0.6 is 0 Å². The van der Waals surface area contributed by atoms with Crippen LogP contribution in [0.3, 0.4) is 0 Å². The molecule has 0 spiro atoms. The van der Waals surface area contributed by atoms with Gasteiger partial charge < -0.3 is 9.80 Å². The molecular formula is C21H22F3N5O. The molecule has 1 fully saturated rings. The molecule has 30 heavy (non-hydrogen) atoms. The zero-order valence-electron chi connectivity index (χ0n) is 16.8. The fourth-order valence-corrected chi connectivity index (χ4v) is 3.73. The highest BCUT2D eigenvalue weighted by Gasteiger charge is 2.31. The van der Waals surface area contributed by atoms with Gasteiger partial charge in [0.2, 0.25) is 0 Å². The summed E-state index contributed by atoms with van der Waals surface area (Å²) in [7, 11) is 1.69. The fraction of sp³-hybridized carbons (Fsp3) is 0.381. The molecule has 1 aromatic carbocycles. The fourth-order valence-electron chi connectivity index (χ4n) is 3.73. The van der Waals surface area contributed by atoms with Crippen molar-refractivity contribution in [3.8, 4) is 11.3 Å². The number of aryl methyl sites for hydroxylation is 1. The number of rotatable bonds is 3. The summed E-state index contributed by atoms with van der Waals surface area (Å²) in [6.45, 7) is 5.82.